The van der Waals surface area contributed by atoms with Gasteiger partial charge in [0.05, 0.1) is 18.9 Å². The SMILES string of the molecule is CCCCOCc1ccc(C=O)n1[C@H](Cc1ccccc1)C(=O)OCCCC. The van der Waals surface area contributed by atoms with E-state index >= 15 is 0 Å². The van der Waals surface area contributed by atoms with E-state index in [4.69, 9.17) is 9.47 Å². The number of carbonyl (C=O) groups excluding carboxylic acids is 2. The second-order valence-corrected chi connectivity index (χ2v) is 6.87. The molecule has 0 saturated carbocycles. The summed E-state index contributed by atoms with van der Waals surface area (Å²) in [5.41, 5.74) is 2.29. The quantitative estimate of drug-likeness (QED) is 0.284. The van der Waals surface area contributed by atoms with E-state index in [2.05, 4.69) is 13.8 Å². The van der Waals surface area contributed by atoms with Crippen molar-refractivity contribution in [1.82, 2.24) is 4.57 Å². The van der Waals surface area contributed by atoms with Crippen molar-refractivity contribution in [1.29, 1.82) is 0 Å². The summed E-state index contributed by atoms with van der Waals surface area (Å²) in [5, 5.41) is 0. The molecule has 1 atom stereocenters. The zero-order chi connectivity index (χ0) is 20.2. The number of carbonyl (C=O) groups is 2. The number of ether oxygens (including phenoxy) is 2. The lowest BCUT2D eigenvalue weighted by molar-refractivity contribution is -0.147. The fraction of sp³-hybridized carbons (Fsp3) is 0.478. The summed E-state index contributed by atoms with van der Waals surface area (Å²) in [4.78, 5) is 24.6. The van der Waals surface area contributed by atoms with E-state index in [9.17, 15) is 9.59 Å². The third kappa shape index (κ3) is 6.34. The Morgan fingerprint density at radius 1 is 1.04 bits per heavy atom. The predicted octanol–water partition coefficient (Wildman–Crippen LogP) is 4.74. The Kier molecular flexibility index (Phi) is 9.49. The maximum absolute atomic E-state index is 12.9. The minimum atomic E-state index is -0.598. The number of hydrogen-bond donors (Lipinski definition) is 0. The molecule has 2 rings (SSSR count). The zero-order valence-corrected chi connectivity index (χ0v) is 16.9. The summed E-state index contributed by atoms with van der Waals surface area (Å²) in [7, 11) is 0. The number of hydrogen-bond acceptors (Lipinski definition) is 4. The molecule has 0 saturated heterocycles. The first kappa shape index (κ1) is 21.9. The molecule has 0 unspecified atom stereocenters. The molecule has 1 aromatic carbocycles. The largest absolute Gasteiger partial charge is 0.464 e. The molecule has 1 heterocycles. The van der Waals surface area contributed by atoms with Gasteiger partial charge in [0.1, 0.15) is 6.04 Å². The molecule has 0 aliphatic carbocycles. The van der Waals surface area contributed by atoms with Crippen LogP contribution in [-0.4, -0.2) is 30.0 Å². The van der Waals surface area contributed by atoms with Crippen LogP contribution in [0.4, 0.5) is 0 Å². The molecule has 28 heavy (non-hydrogen) atoms. The van der Waals surface area contributed by atoms with Gasteiger partial charge >= 0.3 is 5.97 Å². The molecule has 0 radical (unpaired) electrons. The minimum absolute atomic E-state index is 0.314. The summed E-state index contributed by atoms with van der Waals surface area (Å²) in [6.45, 7) is 5.57. The lowest BCUT2D eigenvalue weighted by atomic mass is 10.1. The number of nitrogens with zero attached hydrogens (tertiary/aromatic N) is 1. The first-order valence-electron chi connectivity index (χ1n) is 10.1. The number of esters is 1. The molecule has 0 N–H and O–H groups in total. The van der Waals surface area contributed by atoms with E-state index in [0.29, 0.717) is 31.9 Å². The van der Waals surface area contributed by atoms with Gasteiger partial charge in [0.2, 0.25) is 0 Å². The maximum Gasteiger partial charge on any atom is 0.329 e. The molecule has 0 aliphatic rings. The highest BCUT2D eigenvalue weighted by atomic mass is 16.5. The van der Waals surface area contributed by atoms with Crippen molar-refractivity contribution >= 4 is 12.3 Å². The van der Waals surface area contributed by atoms with Gasteiger partial charge in [0.15, 0.2) is 6.29 Å². The molecule has 5 heteroatoms. The van der Waals surface area contributed by atoms with Gasteiger partial charge in [-0.1, -0.05) is 57.0 Å². The van der Waals surface area contributed by atoms with Crippen molar-refractivity contribution in [3.05, 3.63) is 59.4 Å². The smallest absolute Gasteiger partial charge is 0.329 e. The van der Waals surface area contributed by atoms with Crippen molar-refractivity contribution in [2.24, 2.45) is 0 Å². The standard InChI is InChI=1S/C23H31NO4/c1-3-5-14-27-18-21-13-12-20(17-25)24(21)22(23(26)28-15-6-4-2)16-19-10-8-7-9-11-19/h7-13,17,22H,3-6,14-16,18H2,1-2H3/t22-/m1/s1. The van der Waals surface area contributed by atoms with Crippen LogP contribution in [0.15, 0.2) is 42.5 Å². The van der Waals surface area contributed by atoms with Crippen LogP contribution in [0.25, 0.3) is 0 Å². The molecule has 152 valence electrons. The van der Waals surface area contributed by atoms with E-state index in [1.54, 1.807) is 10.6 Å². The summed E-state index contributed by atoms with van der Waals surface area (Å²) < 4.78 is 13.0. The van der Waals surface area contributed by atoms with Crippen LogP contribution >= 0.6 is 0 Å². The van der Waals surface area contributed by atoms with E-state index < -0.39 is 6.04 Å². The third-order valence-corrected chi connectivity index (χ3v) is 4.64. The zero-order valence-electron chi connectivity index (χ0n) is 16.9. The Labute approximate surface area is 167 Å². The van der Waals surface area contributed by atoms with Crippen molar-refractivity contribution < 1.29 is 19.1 Å². The molecular weight excluding hydrogens is 354 g/mol. The van der Waals surface area contributed by atoms with Crippen LogP contribution < -0.4 is 0 Å². The van der Waals surface area contributed by atoms with E-state index in [0.717, 1.165) is 43.2 Å². The van der Waals surface area contributed by atoms with Crippen LogP contribution in [0, 0.1) is 0 Å². The van der Waals surface area contributed by atoms with Crippen LogP contribution in [0.3, 0.4) is 0 Å². The molecule has 5 nitrogen and oxygen atoms in total. The molecule has 1 aromatic heterocycles. The minimum Gasteiger partial charge on any atom is -0.464 e. The molecule has 0 spiro atoms. The third-order valence-electron chi connectivity index (χ3n) is 4.64. The number of aromatic nitrogens is 1. The number of aldehydes is 1. The Balaban J connectivity index is 2.28. The molecule has 0 fully saturated rings. The Hall–Kier alpha value is -2.40. The molecular formula is C23H31NO4. The van der Waals surface area contributed by atoms with Gasteiger partial charge in [-0.05, 0) is 30.5 Å². The predicted molar refractivity (Wildman–Crippen MR) is 109 cm³/mol. The number of unbranched alkanes of at least 4 members (excludes halogenated alkanes) is 2. The topological polar surface area (TPSA) is 57.5 Å². The van der Waals surface area contributed by atoms with Gasteiger partial charge in [-0.3, -0.25) is 4.79 Å². The van der Waals surface area contributed by atoms with Crippen molar-refractivity contribution in [3.63, 3.8) is 0 Å². The Morgan fingerprint density at radius 2 is 1.75 bits per heavy atom. The fourth-order valence-corrected chi connectivity index (χ4v) is 3.06. The summed E-state index contributed by atoms with van der Waals surface area (Å²) >= 11 is 0. The summed E-state index contributed by atoms with van der Waals surface area (Å²) in [5.74, 6) is -0.314. The Morgan fingerprint density at radius 3 is 2.43 bits per heavy atom. The van der Waals surface area contributed by atoms with Crippen molar-refractivity contribution in [2.45, 2.75) is 58.6 Å². The van der Waals surface area contributed by atoms with Gasteiger partial charge in [0.25, 0.3) is 0 Å². The highest BCUT2D eigenvalue weighted by molar-refractivity contribution is 5.79. The lowest BCUT2D eigenvalue weighted by Gasteiger charge is -2.22. The fourth-order valence-electron chi connectivity index (χ4n) is 3.06. The average Bonchev–Trinajstić information content (AvgIpc) is 3.13. The van der Waals surface area contributed by atoms with Gasteiger partial charge in [0, 0.05) is 18.7 Å². The highest BCUT2D eigenvalue weighted by Crippen LogP contribution is 2.23. The normalized spacial score (nSPS) is 11.9. The molecule has 2 aromatic rings. The number of rotatable bonds is 13. The summed E-state index contributed by atoms with van der Waals surface area (Å²) in [6, 6.07) is 12.8. The monoisotopic (exact) mass is 385 g/mol. The van der Waals surface area contributed by atoms with Crippen molar-refractivity contribution in [3.8, 4) is 0 Å². The average molecular weight is 386 g/mol. The van der Waals surface area contributed by atoms with Crippen molar-refractivity contribution in [2.75, 3.05) is 13.2 Å². The molecule has 0 aliphatic heterocycles. The van der Waals surface area contributed by atoms with Crippen LogP contribution in [0.2, 0.25) is 0 Å². The van der Waals surface area contributed by atoms with Gasteiger partial charge in [-0.2, -0.15) is 0 Å². The Bertz CT molecular complexity index is 723. The van der Waals surface area contributed by atoms with Crippen LogP contribution in [0.1, 0.15) is 67.3 Å². The summed E-state index contributed by atoms with van der Waals surface area (Å²) in [6.07, 6.45) is 5.06. The second-order valence-electron chi connectivity index (χ2n) is 6.87. The van der Waals surface area contributed by atoms with E-state index in [1.165, 1.54) is 0 Å². The highest BCUT2D eigenvalue weighted by Gasteiger charge is 2.26. The van der Waals surface area contributed by atoms with Gasteiger partial charge < -0.3 is 14.0 Å². The number of benzene rings is 1. The van der Waals surface area contributed by atoms with E-state index in [-0.39, 0.29) is 5.97 Å². The first-order chi connectivity index (χ1) is 13.7. The molecule has 0 amide bonds. The van der Waals surface area contributed by atoms with Crippen LogP contribution in [-0.2, 0) is 27.3 Å². The van der Waals surface area contributed by atoms with Gasteiger partial charge in [-0.15, -0.1) is 0 Å². The second kappa shape index (κ2) is 12.1. The van der Waals surface area contributed by atoms with Crippen LogP contribution in [0.5, 0.6) is 0 Å². The molecule has 0 bridgehead atoms. The first-order valence-corrected chi connectivity index (χ1v) is 10.1. The maximum atomic E-state index is 12.9. The lowest BCUT2D eigenvalue weighted by Crippen LogP contribution is -2.27. The van der Waals surface area contributed by atoms with Gasteiger partial charge in [-0.25, -0.2) is 4.79 Å². The van der Waals surface area contributed by atoms with E-state index in [1.807, 2.05) is 36.4 Å².